The molecule has 26 heavy (non-hydrogen) atoms. The van der Waals surface area contributed by atoms with Gasteiger partial charge in [0.1, 0.15) is 11.4 Å². The Bertz CT molecular complexity index is 792. The maximum Gasteiger partial charge on any atom is 0.241 e. The van der Waals surface area contributed by atoms with Crippen LogP contribution in [0.4, 0.5) is 5.69 Å². The number of hydrogen-bond acceptors (Lipinski definition) is 5. The number of hydrogen-bond donors (Lipinski definition) is 1. The van der Waals surface area contributed by atoms with Gasteiger partial charge in [-0.25, -0.2) is 4.98 Å². The fourth-order valence-electron chi connectivity index (χ4n) is 3.10. The number of aromatic nitrogens is 2. The van der Waals surface area contributed by atoms with Crippen LogP contribution in [0.3, 0.4) is 0 Å². The maximum absolute atomic E-state index is 11.7. The van der Waals surface area contributed by atoms with E-state index in [1.165, 1.54) is 6.92 Å². The van der Waals surface area contributed by atoms with Crippen molar-refractivity contribution in [2.24, 2.45) is 0 Å². The molecule has 1 aliphatic rings. The third-order valence-corrected chi connectivity index (χ3v) is 4.33. The number of ether oxygens (including phenoxy) is 1. The molecule has 7 heteroatoms. The van der Waals surface area contributed by atoms with Gasteiger partial charge in [-0.15, -0.1) is 0 Å². The van der Waals surface area contributed by atoms with E-state index in [4.69, 9.17) is 4.74 Å². The summed E-state index contributed by atoms with van der Waals surface area (Å²) in [6.45, 7) is 4.47. The van der Waals surface area contributed by atoms with Crippen LogP contribution in [-0.2, 0) is 9.59 Å². The van der Waals surface area contributed by atoms with Crippen molar-refractivity contribution in [1.29, 1.82) is 0 Å². The maximum atomic E-state index is 11.7. The minimum Gasteiger partial charge on any atom is -0.437 e. The Morgan fingerprint density at radius 2 is 1.88 bits per heavy atom. The van der Waals surface area contributed by atoms with Crippen molar-refractivity contribution >= 4 is 17.5 Å². The molecule has 7 nitrogen and oxygen atoms in total. The lowest BCUT2D eigenvalue weighted by Crippen LogP contribution is -2.38. The lowest BCUT2D eigenvalue weighted by atomic mass is 9.94. The van der Waals surface area contributed by atoms with Gasteiger partial charge in [0, 0.05) is 50.9 Å². The van der Waals surface area contributed by atoms with Crippen LogP contribution in [0.15, 0.2) is 36.7 Å². The Labute approximate surface area is 152 Å². The summed E-state index contributed by atoms with van der Waals surface area (Å²) in [6.07, 6.45) is 5.12. The molecule has 1 aliphatic heterocycles. The molecule has 1 atom stereocenters. The normalized spacial score (nSPS) is 16.8. The monoisotopic (exact) mass is 354 g/mol. The summed E-state index contributed by atoms with van der Waals surface area (Å²) in [6, 6.07) is 7.08. The first-order valence-electron chi connectivity index (χ1n) is 8.65. The molecule has 1 aromatic heterocycles. The average molecular weight is 354 g/mol. The van der Waals surface area contributed by atoms with Gasteiger partial charge in [0.25, 0.3) is 0 Å². The third kappa shape index (κ3) is 4.36. The molecule has 0 radical (unpaired) electrons. The van der Waals surface area contributed by atoms with E-state index in [9.17, 15) is 9.59 Å². The van der Waals surface area contributed by atoms with E-state index in [1.54, 1.807) is 43.6 Å². The van der Waals surface area contributed by atoms with Crippen LogP contribution in [0.2, 0.25) is 0 Å². The Kier molecular flexibility index (Phi) is 5.46. The second kappa shape index (κ2) is 7.95. The van der Waals surface area contributed by atoms with Crippen molar-refractivity contribution in [3.05, 3.63) is 42.4 Å². The zero-order valence-electron chi connectivity index (χ0n) is 14.9. The van der Waals surface area contributed by atoms with Crippen LogP contribution in [-0.4, -0.2) is 39.8 Å². The predicted octanol–water partition coefficient (Wildman–Crippen LogP) is 2.95. The summed E-state index contributed by atoms with van der Waals surface area (Å²) >= 11 is 0. The summed E-state index contributed by atoms with van der Waals surface area (Å²) in [5.41, 5.74) is 1.47. The van der Waals surface area contributed by atoms with Crippen molar-refractivity contribution in [1.82, 2.24) is 14.9 Å². The van der Waals surface area contributed by atoms with Crippen LogP contribution in [0.1, 0.15) is 38.3 Å². The number of nitrogens with one attached hydrogen (secondary N) is 1. The third-order valence-electron chi connectivity index (χ3n) is 4.33. The highest BCUT2D eigenvalue weighted by molar-refractivity contribution is 5.88. The van der Waals surface area contributed by atoms with Crippen LogP contribution >= 0.6 is 0 Å². The number of benzene rings is 1. The molecule has 0 saturated carbocycles. The molecule has 0 bridgehead atoms. The number of likely N-dealkylation sites (tertiary alicyclic amines) is 1. The minimum absolute atomic E-state index is 0.0784. The van der Waals surface area contributed by atoms with Gasteiger partial charge in [-0.05, 0) is 37.1 Å². The molecule has 1 unspecified atom stereocenters. The van der Waals surface area contributed by atoms with Crippen molar-refractivity contribution in [3.63, 3.8) is 0 Å². The Hall–Kier alpha value is -2.96. The molecule has 0 spiro atoms. The smallest absolute Gasteiger partial charge is 0.241 e. The van der Waals surface area contributed by atoms with Gasteiger partial charge in [-0.3, -0.25) is 14.6 Å². The SMILES string of the molecule is CC(=O)Nc1ccc(Oc2nccnc2C2CCCN(C(C)=O)C2)cc1. The van der Waals surface area contributed by atoms with Gasteiger partial charge < -0.3 is 15.0 Å². The van der Waals surface area contributed by atoms with E-state index < -0.39 is 0 Å². The van der Waals surface area contributed by atoms with E-state index in [-0.39, 0.29) is 17.7 Å². The molecule has 0 aliphatic carbocycles. The van der Waals surface area contributed by atoms with Crippen molar-refractivity contribution < 1.29 is 14.3 Å². The highest BCUT2D eigenvalue weighted by Crippen LogP contribution is 2.32. The molecule has 136 valence electrons. The number of rotatable bonds is 4. The average Bonchev–Trinajstić information content (AvgIpc) is 2.63. The van der Waals surface area contributed by atoms with Crippen LogP contribution < -0.4 is 10.1 Å². The fraction of sp³-hybridized carbons (Fsp3) is 0.368. The molecular weight excluding hydrogens is 332 g/mol. The van der Waals surface area contributed by atoms with Gasteiger partial charge in [0.15, 0.2) is 0 Å². The second-order valence-corrected chi connectivity index (χ2v) is 6.36. The quantitative estimate of drug-likeness (QED) is 0.912. The molecular formula is C19H22N4O3. The number of amides is 2. The lowest BCUT2D eigenvalue weighted by molar-refractivity contribution is -0.130. The summed E-state index contributed by atoms with van der Waals surface area (Å²) < 4.78 is 5.93. The molecule has 3 rings (SSSR count). The zero-order chi connectivity index (χ0) is 18.5. The van der Waals surface area contributed by atoms with Gasteiger partial charge in [0.2, 0.25) is 17.7 Å². The van der Waals surface area contributed by atoms with Crippen LogP contribution in [0.5, 0.6) is 11.6 Å². The van der Waals surface area contributed by atoms with Gasteiger partial charge in [-0.2, -0.15) is 0 Å². The Balaban J connectivity index is 1.77. The topological polar surface area (TPSA) is 84.4 Å². The number of carbonyl (C=O) groups excluding carboxylic acids is 2. The molecule has 2 amide bonds. The molecule has 1 fully saturated rings. The second-order valence-electron chi connectivity index (χ2n) is 6.36. The molecule has 2 aromatic rings. The molecule has 1 aromatic carbocycles. The van der Waals surface area contributed by atoms with Crippen LogP contribution in [0, 0.1) is 0 Å². The first-order chi connectivity index (χ1) is 12.5. The van der Waals surface area contributed by atoms with Gasteiger partial charge in [0.05, 0.1) is 0 Å². The summed E-state index contributed by atoms with van der Waals surface area (Å²) in [5.74, 6) is 1.13. The number of piperidine rings is 1. The zero-order valence-corrected chi connectivity index (χ0v) is 14.9. The van der Waals surface area contributed by atoms with Crippen molar-refractivity contribution in [2.75, 3.05) is 18.4 Å². The number of carbonyl (C=O) groups is 2. The predicted molar refractivity (Wildman–Crippen MR) is 97.1 cm³/mol. The molecule has 2 heterocycles. The lowest BCUT2D eigenvalue weighted by Gasteiger charge is -2.32. The van der Waals surface area contributed by atoms with E-state index >= 15 is 0 Å². The summed E-state index contributed by atoms with van der Waals surface area (Å²) in [4.78, 5) is 33.4. The van der Waals surface area contributed by atoms with Gasteiger partial charge >= 0.3 is 0 Å². The van der Waals surface area contributed by atoms with E-state index in [1.807, 2.05) is 4.90 Å². The van der Waals surface area contributed by atoms with Gasteiger partial charge in [-0.1, -0.05) is 0 Å². The fourth-order valence-corrected chi connectivity index (χ4v) is 3.10. The summed E-state index contributed by atoms with van der Waals surface area (Å²) in [7, 11) is 0. The van der Waals surface area contributed by atoms with Crippen molar-refractivity contribution in [3.8, 4) is 11.6 Å². The summed E-state index contributed by atoms with van der Waals surface area (Å²) in [5, 5.41) is 2.71. The number of nitrogens with zero attached hydrogens (tertiary/aromatic N) is 3. The van der Waals surface area contributed by atoms with E-state index in [0.717, 1.165) is 25.1 Å². The standard InChI is InChI=1S/C19H22N4O3/c1-13(24)22-16-5-7-17(8-6-16)26-19-18(20-9-10-21-19)15-4-3-11-23(12-15)14(2)25/h5-10,15H,3-4,11-12H2,1-2H3,(H,22,24). The van der Waals surface area contributed by atoms with Crippen LogP contribution in [0.25, 0.3) is 0 Å². The van der Waals surface area contributed by atoms with Crippen molar-refractivity contribution in [2.45, 2.75) is 32.6 Å². The molecule has 1 N–H and O–H groups in total. The number of anilines is 1. The first-order valence-corrected chi connectivity index (χ1v) is 8.65. The minimum atomic E-state index is -0.123. The first kappa shape index (κ1) is 17.8. The van der Waals surface area contributed by atoms with E-state index in [0.29, 0.717) is 23.9 Å². The van der Waals surface area contributed by atoms with E-state index in [2.05, 4.69) is 15.3 Å². The largest absolute Gasteiger partial charge is 0.437 e. The Morgan fingerprint density at radius 3 is 2.58 bits per heavy atom. The Morgan fingerprint density at radius 1 is 1.15 bits per heavy atom. The molecule has 1 saturated heterocycles. The highest BCUT2D eigenvalue weighted by atomic mass is 16.5. The highest BCUT2D eigenvalue weighted by Gasteiger charge is 2.27.